The van der Waals surface area contributed by atoms with Crippen LogP contribution in [0, 0.1) is 0 Å². The molecule has 1 aromatic carbocycles. The van der Waals surface area contributed by atoms with Crippen LogP contribution in [0.5, 0.6) is 0 Å². The van der Waals surface area contributed by atoms with Gasteiger partial charge in [-0.1, -0.05) is 0 Å². The number of hydrogen-bond donors (Lipinski definition) is 1. The Morgan fingerprint density at radius 3 is 2.64 bits per heavy atom. The van der Waals surface area contributed by atoms with Crippen LogP contribution in [0.1, 0.15) is 25.7 Å². The quantitative estimate of drug-likeness (QED) is 0.907. The van der Waals surface area contributed by atoms with Gasteiger partial charge < -0.3 is 10.2 Å². The fourth-order valence-corrected chi connectivity index (χ4v) is 4.45. The van der Waals surface area contributed by atoms with Crippen LogP contribution >= 0.6 is 11.3 Å². The Bertz CT molecular complexity index is 695. The molecule has 6 heteroatoms. The van der Waals surface area contributed by atoms with Gasteiger partial charge in [0.25, 0.3) is 0 Å². The summed E-state index contributed by atoms with van der Waals surface area (Å²) in [4.78, 5) is 21.5. The molecule has 0 saturated carbocycles. The van der Waals surface area contributed by atoms with Gasteiger partial charge in [0.1, 0.15) is 5.01 Å². The minimum absolute atomic E-state index is 0.0193. The molecule has 0 aliphatic carbocycles. The van der Waals surface area contributed by atoms with E-state index in [0.29, 0.717) is 6.04 Å². The van der Waals surface area contributed by atoms with E-state index >= 15 is 0 Å². The third-order valence-electron chi connectivity index (χ3n) is 5.16. The van der Waals surface area contributed by atoms with Crippen LogP contribution in [0.3, 0.4) is 0 Å². The number of carbonyl (C=O) groups is 1. The number of nitrogens with zero attached hydrogens (tertiary/aromatic N) is 3. The number of likely N-dealkylation sites (tertiary alicyclic amines) is 2. The lowest BCUT2D eigenvalue weighted by Gasteiger charge is -2.37. The number of amides is 2. The number of nitrogens with one attached hydrogen (secondary N) is 1. The Balaban J connectivity index is 1.36. The number of carbonyl (C=O) groups excluding carboxylic acids is 1. The van der Waals surface area contributed by atoms with Crippen molar-refractivity contribution < 1.29 is 4.79 Å². The lowest BCUT2D eigenvalue weighted by Crippen LogP contribution is -2.50. The maximum absolute atomic E-state index is 12.6. The number of benzene rings is 1. The maximum Gasteiger partial charge on any atom is 0.321 e. The molecule has 25 heavy (non-hydrogen) atoms. The van der Waals surface area contributed by atoms with E-state index in [1.54, 1.807) is 11.3 Å². The van der Waals surface area contributed by atoms with Crippen molar-refractivity contribution in [2.45, 2.75) is 31.7 Å². The molecule has 0 unspecified atom stereocenters. The van der Waals surface area contributed by atoms with E-state index < -0.39 is 0 Å². The first-order chi connectivity index (χ1) is 12.3. The fourth-order valence-electron chi connectivity index (χ4n) is 3.81. The standard InChI is InChI=1S/C19H24N4OS/c24-19(23-12-3-4-17(14-23)22-10-1-2-11-22)21-16-7-5-15(6-8-16)18-20-9-13-25-18/h5-9,13,17H,1-4,10-12,14H2,(H,21,24)/t17-/m1/s1. The van der Waals surface area contributed by atoms with Gasteiger partial charge in [-0.2, -0.15) is 0 Å². The van der Waals surface area contributed by atoms with Crippen molar-refractivity contribution in [1.82, 2.24) is 14.8 Å². The van der Waals surface area contributed by atoms with Gasteiger partial charge in [-0.05, 0) is 63.0 Å². The van der Waals surface area contributed by atoms with Gasteiger partial charge in [0.15, 0.2) is 0 Å². The van der Waals surface area contributed by atoms with Gasteiger partial charge in [-0.15, -0.1) is 11.3 Å². The van der Waals surface area contributed by atoms with E-state index in [0.717, 1.165) is 35.8 Å². The molecule has 2 amide bonds. The fraction of sp³-hybridized carbons (Fsp3) is 0.474. The molecule has 0 radical (unpaired) electrons. The number of aromatic nitrogens is 1. The topological polar surface area (TPSA) is 48.5 Å². The van der Waals surface area contributed by atoms with Gasteiger partial charge in [-0.25, -0.2) is 9.78 Å². The summed E-state index contributed by atoms with van der Waals surface area (Å²) in [5.74, 6) is 0. The number of hydrogen-bond acceptors (Lipinski definition) is 4. The first kappa shape index (κ1) is 16.5. The van der Waals surface area contributed by atoms with Crippen molar-refractivity contribution >= 4 is 23.1 Å². The summed E-state index contributed by atoms with van der Waals surface area (Å²) in [7, 11) is 0. The van der Waals surface area contributed by atoms with Gasteiger partial charge in [0, 0.05) is 42.0 Å². The van der Waals surface area contributed by atoms with E-state index in [4.69, 9.17) is 0 Å². The van der Waals surface area contributed by atoms with Gasteiger partial charge in [0.05, 0.1) is 0 Å². The van der Waals surface area contributed by atoms with Crippen LogP contribution in [-0.4, -0.2) is 53.0 Å². The zero-order chi connectivity index (χ0) is 17.1. The minimum atomic E-state index is 0.0193. The lowest BCUT2D eigenvalue weighted by atomic mass is 10.0. The highest BCUT2D eigenvalue weighted by molar-refractivity contribution is 7.13. The van der Waals surface area contributed by atoms with Crippen LogP contribution < -0.4 is 5.32 Å². The Hall–Kier alpha value is -1.92. The van der Waals surface area contributed by atoms with Crippen LogP contribution in [0.4, 0.5) is 10.5 Å². The second-order valence-corrected chi connectivity index (χ2v) is 7.72. The van der Waals surface area contributed by atoms with Crippen molar-refractivity contribution in [2.24, 2.45) is 0 Å². The average molecular weight is 356 g/mol. The van der Waals surface area contributed by atoms with E-state index in [2.05, 4.69) is 15.2 Å². The van der Waals surface area contributed by atoms with Crippen molar-refractivity contribution in [3.63, 3.8) is 0 Å². The van der Waals surface area contributed by atoms with Gasteiger partial charge in [-0.3, -0.25) is 4.90 Å². The SMILES string of the molecule is O=C(Nc1ccc(-c2nccs2)cc1)N1CCC[C@@H](N2CCCC2)C1. The lowest BCUT2D eigenvalue weighted by molar-refractivity contribution is 0.132. The predicted octanol–water partition coefficient (Wildman–Crippen LogP) is 3.90. The summed E-state index contributed by atoms with van der Waals surface area (Å²) >= 11 is 1.62. The smallest absolute Gasteiger partial charge is 0.321 e. The highest BCUT2D eigenvalue weighted by Gasteiger charge is 2.29. The van der Waals surface area contributed by atoms with Gasteiger partial charge >= 0.3 is 6.03 Å². The van der Waals surface area contributed by atoms with Gasteiger partial charge in [0.2, 0.25) is 0 Å². The summed E-state index contributed by atoms with van der Waals surface area (Å²) in [5, 5.41) is 6.02. The van der Waals surface area contributed by atoms with Crippen molar-refractivity contribution in [3.8, 4) is 10.6 Å². The zero-order valence-electron chi connectivity index (χ0n) is 14.4. The molecule has 132 valence electrons. The number of piperidine rings is 1. The second-order valence-electron chi connectivity index (χ2n) is 6.83. The van der Waals surface area contributed by atoms with E-state index in [-0.39, 0.29) is 6.03 Å². The van der Waals surface area contributed by atoms with Crippen LogP contribution in [0.25, 0.3) is 10.6 Å². The highest BCUT2D eigenvalue weighted by atomic mass is 32.1. The molecule has 2 fully saturated rings. The Kier molecular flexibility index (Phi) is 4.99. The molecular formula is C19H24N4OS. The molecule has 1 N–H and O–H groups in total. The largest absolute Gasteiger partial charge is 0.323 e. The molecule has 2 aromatic rings. The number of anilines is 1. The third-order valence-corrected chi connectivity index (χ3v) is 5.98. The normalized spacial score (nSPS) is 21.4. The number of rotatable bonds is 3. The molecule has 2 aliphatic rings. The molecule has 0 bridgehead atoms. The zero-order valence-corrected chi connectivity index (χ0v) is 15.2. The summed E-state index contributed by atoms with van der Waals surface area (Å²) < 4.78 is 0. The van der Waals surface area contributed by atoms with Crippen molar-refractivity contribution in [2.75, 3.05) is 31.5 Å². The molecule has 5 nitrogen and oxygen atoms in total. The van der Waals surface area contributed by atoms with Crippen LogP contribution in [0.15, 0.2) is 35.8 Å². The molecule has 0 spiro atoms. The Morgan fingerprint density at radius 2 is 1.92 bits per heavy atom. The van der Waals surface area contributed by atoms with E-state index in [1.807, 2.05) is 40.7 Å². The summed E-state index contributed by atoms with van der Waals surface area (Å²) in [6.45, 7) is 4.09. The highest BCUT2D eigenvalue weighted by Crippen LogP contribution is 2.24. The third kappa shape index (κ3) is 3.85. The molecule has 1 atom stereocenters. The second kappa shape index (κ2) is 7.54. The van der Waals surface area contributed by atoms with E-state index in [1.165, 1.54) is 32.4 Å². The molecule has 3 heterocycles. The summed E-state index contributed by atoms with van der Waals surface area (Å²) in [6, 6.07) is 8.49. The number of thiazole rings is 1. The Morgan fingerprint density at radius 1 is 1.12 bits per heavy atom. The summed E-state index contributed by atoms with van der Waals surface area (Å²) in [5.41, 5.74) is 1.92. The van der Waals surface area contributed by atoms with Crippen molar-refractivity contribution in [1.29, 1.82) is 0 Å². The molecule has 4 rings (SSSR count). The molecule has 2 saturated heterocycles. The first-order valence-corrected chi connectivity index (χ1v) is 9.97. The predicted molar refractivity (Wildman–Crippen MR) is 102 cm³/mol. The van der Waals surface area contributed by atoms with E-state index in [9.17, 15) is 4.79 Å². The first-order valence-electron chi connectivity index (χ1n) is 9.09. The molecule has 1 aromatic heterocycles. The van der Waals surface area contributed by atoms with Crippen LogP contribution in [0.2, 0.25) is 0 Å². The molecular weight excluding hydrogens is 332 g/mol. The minimum Gasteiger partial charge on any atom is -0.323 e. The Labute approximate surface area is 152 Å². The van der Waals surface area contributed by atoms with Crippen molar-refractivity contribution in [3.05, 3.63) is 35.8 Å². The van der Waals surface area contributed by atoms with Crippen LogP contribution in [-0.2, 0) is 0 Å². The monoisotopic (exact) mass is 356 g/mol. The summed E-state index contributed by atoms with van der Waals surface area (Å²) in [6.07, 6.45) is 6.72. The molecule has 2 aliphatic heterocycles. The number of urea groups is 1. The average Bonchev–Trinajstić information content (AvgIpc) is 3.36. The maximum atomic E-state index is 12.6.